The van der Waals surface area contributed by atoms with E-state index in [-0.39, 0.29) is 0 Å². The fourth-order valence-electron chi connectivity index (χ4n) is 3.70. The van der Waals surface area contributed by atoms with Crippen LogP contribution in [0, 0.1) is 0 Å². The number of hydrogen-bond acceptors (Lipinski definition) is 5. The van der Waals surface area contributed by atoms with Gasteiger partial charge in [-0.2, -0.15) is 4.52 Å². The van der Waals surface area contributed by atoms with Gasteiger partial charge in [0, 0.05) is 6.54 Å². The molecule has 0 aliphatic rings. The number of benzene rings is 2. The summed E-state index contributed by atoms with van der Waals surface area (Å²) in [6, 6.07) is 16.3. The Labute approximate surface area is 163 Å². The summed E-state index contributed by atoms with van der Waals surface area (Å²) >= 11 is 1.57. The highest BCUT2D eigenvalue weighted by Crippen LogP contribution is 2.26. The first kappa shape index (κ1) is 15.7. The summed E-state index contributed by atoms with van der Waals surface area (Å²) in [5.41, 5.74) is 4.25. The Morgan fingerprint density at radius 3 is 2.64 bits per heavy atom. The number of fused-ring (bicyclic) bond motifs is 6. The maximum atomic E-state index is 4.80. The molecule has 4 heterocycles. The van der Waals surface area contributed by atoms with Gasteiger partial charge in [-0.15, -0.1) is 15.3 Å². The molecule has 6 aromatic rings. The number of imidazole rings is 2. The summed E-state index contributed by atoms with van der Waals surface area (Å²) in [5, 5.41) is 14.3. The van der Waals surface area contributed by atoms with Gasteiger partial charge in [-0.3, -0.25) is 0 Å². The topological polar surface area (TPSA) is 81.1 Å². The number of nitrogens with zero attached hydrogens (tertiary/aromatic N) is 7. The van der Waals surface area contributed by atoms with Crippen LogP contribution in [0.15, 0.2) is 53.7 Å². The van der Waals surface area contributed by atoms with Crippen LogP contribution >= 0.6 is 11.8 Å². The van der Waals surface area contributed by atoms with Crippen molar-refractivity contribution in [3.05, 3.63) is 54.4 Å². The van der Waals surface area contributed by atoms with Gasteiger partial charge in [0.1, 0.15) is 5.82 Å². The van der Waals surface area contributed by atoms with E-state index in [9.17, 15) is 0 Å². The number of para-hydroxylation sites is 4. The molecule has 0 fully saturated rings. The van der Waals surface area contributed by atoms with Gasteiger partial charge in [0.15, 0.2) is 0 Å². The summed E-state index contributed by atoms with van der Waals surface area (Å²) in [6.07, 6.45) is 0. The number of H-pyrrole nitrogens is 1. The standard InChI is InChI=1S/C19H16N8S/c1-2-25-14-9-5-6-10-15(14)26-17-22-23-19(27(17)24-18(25)26)28-11-16-20-12-7-3-4-8-13(12)21-16/h3-10H,2,11H2,1H3,(H,20,21). The number of rotatable bonds is 4. The molecule has 0 atom stereocenters. The van der Waals surface area contributed by atoms with Gasteiger partial charge in [0.05, 0.1) is 27.8 Å². The Hall–Kier alpha value is -3.33. The number of aromatic nitrogens is 8. The maximum absolute atomic E-state index is 4.80. The molecule has 0 saturated carbocycles. The van der Waals surface area contributed by atoms with E-state index in [1.807, 2.05) is 40.9 Å². The van der Waals surface area contributed by atoms with E-state index in [0.29, 0.717) is 5.75 Å². The SMILES string of the molecule is CCn1c2ccccc2n2c1nn1c(SCc3nc4ccccc4[nH]3)nnc12. The van der Waals surface area contributed by atoms with Gasteiger partial charge in [0.2, 0.25) is 10.9 Å². The summed E-state index contributed by atoms with van der Waals surface area (Å²) in [6.45, 7) is 2.96. The summed E-state index contributed by atoms with van der Waals surface area (Å²) in [4.78, 5) is 7.98. The Kier molecular flexibility index (Phi) is 3.27. The first-order chi connectivity index (χ1) is 13.8. The maximum Gasteiger partial charge on any atom is 0.260 e. The first-order valence-electron chi connectivity index (χ1n) is 9.11. The molecule has 0 aliphatic carbocycles. The van der Waals surface area contributed by atoms with Crippen molar-refractivity contribution < 1.29 is 0 Å². The molecular formula is C19H16N8S. The van der Waals surface area contributed by atoms with E-state index in [1.54, 1.807) is 11.8 Å². The number of aromatic amines is 1. The molecule has 4 aromatic heterocycles. The predicted molar refractivity (Wildman–Crippen MR) is 109 cm³/mol. The van der Waals surface area contributed by atoms with Crippen molar-refractivity contribution >= 4 is 45.4 Å². The Bertz CT molecular complexity index is 1430. The lowest BCUT2D eigenvalue weighted by atomic mass is 10.3. The highest BCUT2D eigenvalue weighted by molar-refractivity contribution is 7.98. The third-order valence-corrected chi connectivity index (χ3v) is 5.86. The van der Waals surface area contributed by atoms with Gasteiger partial charge in [-0.05, 0) is 31.2 Å². The molecule has 1 N–H and O–H groups in total. The summed E-state index contributed by atoms with van der Waals surface area (Å²) in [5.74, 6) is 3.19. The van der Waals surface area contributed by atoms with Crippen LogP contribution in [0.2, 0.25) is 0 Å². The first-order valence-corrected chi connectivity index (χ1v) is 10.1. The highest BCUT2D eigenvalue weighted by Gasteiger charge is 2.19. The predicted octanol–water partition coefficient (Wildman–Crippen LogP) is 3.52. The van der Waals surface area contributed by atoms with E-state index in [1.165, 1.54) is 0 Å². The zero-order valence-corrected chi connectivity index (χ0v) is 15.9. The summed E-state index contributed by atoms with van der Waals surface area (Å²) < 4.78 is 6.08. The third kappa shape index (κ3) is 2.13. The molecule has 138 valence electrons. The molecule has 28 heavy (non-hydrogen) atoms. The van der Waals surface area contributed by atoms with E-state index < -0.39 is 0 Å². The van der Waals surface area contributed by atoms with E-state index in [2.05, 4.69) is 48.2 Å². The Balaban J connectivity index is 1.43. The molecule has 9 heteroatoms. The molecule has 0 amide bonds. The largest absolute Gasteiger partial charge is 0.341 e. The van der Waals surface area contributed by atoms with Crippen molar-refractivity contribution in [2.75, 3.05) is 0 Å². The van der Waals surface area contributed by atoms with Crippen LogP contribution in [0.25, 0.3) is 33.6 Å². The second kappa shape index (κ2) is 5.83. The van der Waals surface area contributed by atoms with Crippen LogP contribution in [0.3, 0.4) is 0 Å². The lowest BCUT2D eigenvalue weighted by Crippen LogP contribution is -1.96. The highest BCUT2D eigenvalue weighted by atomic mass is 32.2. The molecule has 6 rings (SSSR count). The fourth-order valence-corrected chi connectivity index (χ4v) is 4.44. The van der Waals surface area contributed by atoms with Crippen molar-refractivity contribution in [1.29, 1.82) is 0 Å². The minimum absolute atomic E-state index is 0.672. The monoisotopic (exact) mass is 388 g/mol. The molecule has 0 spiro atoms. The number of thioether (sulfide) groups is 1. The lowest BCUT2D eigenvalue weighted by Gasteiger charge is -1.98. The molecule has 8 nitrogen and oxygen atoms in total. The van der Waals surface area contributed by atoms with Gasteiger partial charge in [-0.1, -0.05) is 36.0 Å². The van der Waals surface area contributed by atoms with Crippen molar-refractivity contribution in [1.82, 2.24) is 38.7 Å². The quantitative estimate of drug-likeness (QED) is 0.467. The van der Waals surface area contributed by atoms with E-state index >= 15 is 0 Å². The van der Waals surface area contributed by atoms with Crippen molar-refractivity contribution in [2.45, 2.75) is 24.4 Å². The second-order valence-corrected chi connectivity index (χ2v) is 7.49. The van der Waals surface area contributed by atoms with Gasteiger partial charge < -0.3 is 9.55 Å². The Morgan fingerprint density at radius 2 is 1.79 bits per heavy atom. The van der Waals surface area contributed by atoms with Crippen molar-refractivity contribution in [3.8, 4) is 0 Å². The normalized spacial score (nSPS) is 12.2. The van der Waals surface area contributed by atoms with Crippen molar-refractivity contribution in [2.24, 2.45) is 0 Å². The van der Waals surface area contributed by atoms with E-state index in [0.717, 1.165) is 51.1 Å². The molecular weight excluding hydrogens is 372 g/mol. The Morgan fingerprint density at radius 1 is 0.964 bits per heavy atom. The van der Waals surface area contributed by atoms with Crippen LogP contribution in [-0.4, -0.2) is 38.7 Å². The van der Waals surface area contributed by atoms with Crippen LogP contribution in [0.1, 0.15) is 12.7 Å². The molecule has 0 aliphatic heterocycles. The molecule has 0 unspecified atom stereocenters. The molecule has 2 aromatic carbocycles. The van der Waals surface area contributed by atoms with Crippen molar-refractivity contribution in [3.63, 3.8) is 0 Å². The smallest absolute Gasteiger partial charge is 0.260 e. The van der Waals surface area contributed by atoms with Gasteiger partial charge >= 0.3 is 0 Å². The van der Waals surface area contributed by atoms with Crippen LogP contribution in [0.4, 0.5) is 0 Å². The lowest BCUT2D eigenvalue weighted by molar-refractivity contribution is 0.773. The fraction of sp³-hybridized carbons (Fsp3) is 0.158. The molecule has 0 saturated heterocycles. The van der Waals surface area contributed by atoms with Crippen LogP contribution < -0.4 is 0 Å². The number of aryl methyl sites for hydroxylation is 1. The van der Waals surface area contributed by atoms with Gasteiger partial charge in [0.25, 0.3) is 5.78 Å². The number of hydrogen-bond donors (Lipinski definition) is 1. The zero-order valence-electron chi connectivity index (χ0n) is 15.1. The van der Waals surface area contributed by atoms with Crippen LogP contribution in [0.5, 0.6) is 0 Å². The third-order valence-electron chi connectivity index (χ3n) is 4.93. The molecule has 0 radical (unpaired) electrons. The average molecular weight is 388 g/mol. The number of nitrogens with one attached hydrogen (secondary N) is 1. The minimum atomic E-state index is 0.672. The van der Waals surface area contributed by atoms with Crippen LogP contribution in [-0.2, 0) is 12.3 Å². The second-order valence-electron chi connectivity index (χ2n) is 6.55. The van der Waals surface area contributed by atoms with E-state index in [4.69, 9.17) is 5.10 Å². The average Bonchev–Trinajstić information content (AvgIpc) is 3.45. The minimum Gasteiger partial charge on any atom is -0.341 e. The summed E-state index contributed by atoms with van der Waals surface area (Å²) in [7, 11) is 0. The van der Waals surface area contributed by atoms with Gasteiger partial charge in [-0.25, -0.2) is 9.38 Å². The zero-order chi connectivity index (χ0) is 18.7. The molecule has 0 bridgehead atoms.